The number of nitrogens with one attached hydrogen (secondary N) is 1. The first-order chi connectivity index (χ1) is 11.2. The predicted octanol–water partition coefficient (Wildman–Crippen LogP) is 4.49. The van der Waals surface area contributed by atoms with Crippen molar-refractivity contribution in [3.05, 3.63) is 71.8 Å². The van der Waals surface area contributed by atoms with Crippen LogP contribution < -0.4 is 5.32 Å². The Morgan fingerprint density at radius 3 is 1.91 bits per heavy atom. The van der Waals surface area contributed by atoms with E-state index in [1.807, 2.05) is 6.07 Å². The number of hydrogen-bond donors (Lipinski definition) is 2. The molecule has 0 aromatic heterocycles. The molecule has 1 aliphatic rings. The van der Waals surface area contributed by atoms with Crippen molar-refractivity contribution in [1.29, 1.82) is 0 Å². The van der Waals surface area contributed by atoms with Gasteiger partial charge in [0.05, 0.1) is 6.10 Å². The summed E-state index contributed by atoms with van der Waals surface area (Å²) in [5.41, 5.74) is 2.53. The fraction of sp³-hybridized carbons (Fsp3) is 0.429. The van der Waals surface area contributed by atoms with E-state index in [1.165, 1.54) is 11.1 Å². The number of aliphatic hydroxyl groups is 1. The average Bonchev–Trinajstić information content (AvgIpc) is 2.61. The largest absolute Gasteiger partial charge is 0.392 e. The second-order valence-corrected chi connectivity index (χ2v) is 6.75. The van der Waals surface area contributed by atoms with E-state index in [1.54, 1.807) is 0 Å². The van der Waals surface area contributed by atoms with Crippen LogP contribution in [0.4, 0.5) is 0 Å². The van der Waals surface area contributed by atoms with Crippen LogP contribution in [-0.2, 0) is 0 Å². The molecule has 2 N–H and O–H groups in total. The van der Waals surface area contributed by atoms with Crippen molar-refractivity contribution in [2.45, 2.75) is 44.9 Å². The van der Waals surface area contributed by atoms with E-state index < -0.39 is 0 Å². The van der Waals surface area contributed by atoms with Gasteiger partial charge in [0.25, 0.3) is 0 Å². The second kappa shape index (κ2) is 7.29. The van der Waals surface area contributed by atoms with Crippen LogP contribution in [0.2, 0.25) is 0 Å². The Morgan fingerprint density at radius 2 is 1.39 bits per heavy atom. The zero-order valence-electron chi connectivity index (χ0n) is 14.0. The fourth-order valence-electron chi connectivity index (χ4n) is 3.99. The maximum atomic E-state index is 11.0. The summed E-state index contributed by atoms with van der Waals surface area (Å²) >= 11 is 0. The van der Waals surface area contributed by atoms with Crippen molar-refractivity contribution in [3.8, 4) is 0 Å². The van der Waals surface area contributed by atoms with E-state index in [0.717, 1.165) is 12.8 Å². The maximum absolute atomic E-state index is 11.0. The molecule has 2 aromatic carbocycles. The van der Waals surface area contributed by atoms with E-state index >= 15 is 0 Å². The van der Waals surface area contributed by atoms with Gasteiger partial charge in [-0.1, -0.05) is 80.9 Å². The molecule has 2 nitrogen and oxygen atoms in total. The van der Waals surface area contributed by atoms with E-state index in [-0.39, 0.29) is 30.0 Å². The summed E-state index contributed by atoms with van der Waals surface area (Å²) in [7, 11) is 0. The minimum Gasteiger partial charge on any atom is -0.392 e. The molecule has 0 radical (unpaired) electrons. The number of rotatable bonds is 4. The first kappa shape index (κ1) is 16.2. The van der Waals surface area contributed by atoms with Gasteiger partial charge < -0.3 is 10.4 Å². The summed E-state index contributed by atoms with van der Waals surface area (Å²) in [5.74, 6) is 0.464. The Kier molecular flexibility index (Phi) is 5.14. The predicted molar refractivity (Wildman–Crippen MR) is 95.1 cm³/mol. The van der Waals surface area contributed by atoms with Gasteiger partial charge in [-0.15, -0.1) is 0 Å². The molecule has 0 bridgehead atoms. The van der Waals surface area contributed by atoms with Crippen molar-refractivity contribution in [3.63, 3.8) is 0 Å². The van der Waals surface area contributed by atoms with Crippen LogP contribution in [0.25, 0.3) is 0 Å². The van der Waals surface area contributed by atoms with Crippen LogP contribution >= 0.6 is 0 Å². The molecule has 1 saturated heterocycles. The first-order valence-corrected chi connectivity index (χ1v) is 8.76. The fourth-order valence-corrected chi connectivity index (χ4v) is 3.99. The monoisotopic (exact) mass is 309 g/mol. The average molecular weight is 309 g/mol. The van der Waals surface area contributed by atoms with Gasteiger partial charge in [0.15, 0.2) is 0 Å². The number of benzene rings is 2. The lowest BCUT2D eigenvalue weighted by Gasteiger charge is -2.45. The van der Waals surface area contributed by atoms with Crippen molar-refractivity contribution < 1.29 is 5.11 Å². The van der Waals surface area contributed by atoms with E-state index in [4.69, 9.17) is 0 Å². The van der Waals surface area contributed by atoms with Crippen LogP contribution in [0.3, 0.4) is 0 Å². The number of aliphatic hydroxyl groups excluding tert-OH is 1. The molecule has 122 valence electrons. The normalized spacial score (nSPS) is 31.0. The lowest BCUT2D eigenvalue weighted by Crippen LogP contribution is -2.49. The molecule has 5 atom stereocenters. The molecule has 2 aromatic rings. The molecule has 0 saturated carbocycles. The lowest BCUT2D eigenvalue weighted by molar-refractivity contribution is -0.0184. The van der Waals surface area contributed by atoms with Gasteiger partial charge >= 0.3 is 0 Å². The molecule has 1 fully saturated rings. The third-order valence-electron chi connectivity index (χ3n) is 5.23. The molecule has 2 heteroatoms. The minimum atomic E-state index is -0.286. The van der Waals surface area contributed by atoms with Crippen molar-refractivity contribution in [2.24, 2.45) is 11.8 Å². The van der Waals surface area contributed by atoms with E-state index in [2.05, 4.69) is 73.8 Å². The smallest absolute Gasteiger partial charge is 0.0630 e. The quantitative estimate of drug-likeness (QED) is 0.872. The number of piperidine rings is 1. The Hall–Kier alpha value is -1.64. The summed E-state index contributed by atoms with van der Waals surface area (Å²) in [6.45, 7) is 4.36. The molecule has 0 spiro atoms. The Labute approximate surface area is 139 Å². The van der Waals surface area contributed by atoms with Crippen LogP contribution in [0.15, 0.2) is 60.7 Å². The molecule has 0 amide bonds. The topological polar surface area (TPSA) is 32.3 Å². The van der Waals surface area contributed by atoms with Crippen molar-refractivity contribution >= 4 is 0 Å². The minimum absolute atomic E-state index is 0.185. The van der Waals surface area contributed by atoms with Gasteiger partial charge in [-0.3, -0.25) is 0 Å². The third-order valence-corrected chi connectivity index (χ3v) is 5.23. The molecule has 1 aliphatic heterocycles. The zero-order valence-corrected chi connectivity index (χ0v) is 14.0. The highest BCUT2D eigenvalue weighted by molar-refractivity contribution is 5.26. The molecule has 1 heterocycles. The van der Waals surface area contributed by atoms with Crippen LogP contribution in [0, 0.1) is 11.8 Å². The van der Waals surface area contributed by atoms with Crippen molar-refractivity contribution in [2.75, 3.05) is 0 Å². The Balaban J connectivity index is 1.94. The van der Waals surface area contributed by atoms with Crippen LogP contribution in [0.5, 0.6) is 0 Å². The summed E-state index contributed by atoms with van der Waals surface area (Å²) in [6.07, 6.45) is 1.85. The van der Waals surface area contributed by atoms with E-state index in [0.29, 0.717) is 0 Å². The summed E-state index contributed by atoms with van der Waals surface area (Å²) in [5, 5.41) is 14.8. The molecule has 0 aliphatic carbocycles. The van der Waals surface area contributed by atoms with Gasteiger partial charge in [-0.05, 0) is 17.5 Å². The highest BCUT2D eigenvalue weighted by Crippen LogP contribution is 2.42. The lowest BCUT2D eigenvalue weighted by atomic mass is 9.72. The van der Waals surface area contributed by atoms with Crippen molar-refractivity contribution in [1.82, 2.24) is 5.32 Å². The van der Waals surface area contributed by atoms with E-state index in [9.17, 15) is 5.11 Å². The standard InChI is InChI=1S/C21H27NO/c1-3-10-18-20(17-13-8-5-9-14-17)22-19(15(2)21(18)23)16-11-6-4-7-12-16/h4-9,11-15,18-23H,3,10H2,1-2H3. The van der Waals surface area contributed by atoms with Crippen LogP contribution in [0.1, 0.15) is 49.9 Å². The molecule has 5 unspecified atom stereocenters. The maximum Gasteiger partial charge on any atom is 0.0630 e. The van der Waals surface area contributed by atoms with Crippen LogP contribution in [-0.4, -0.2) is 11.2 Å². The Bertz CT molecular complexity index is 598. The van der Waals surface area contributed by atoms with Gasteiger partial charge in [-0.2, -0.15) is 0 Å². The summed E-state index contributed by atoms with van der Waals surface area (Å²) in [4.78, 5) is 0. The Morgan fingerprint density at radius 1 is 0.870 bits per heavy atom. The highest BCUT2D eigenvalue weighted by atomic mass is 16.3. The third kappa shape index (κ3) is 3.34. The van der Waals surface area contributed by atoms with Gasteiger partial charge in [0, 0.05) is 23.9 Å². The highest BCUT2D eigenvalue weighted by Gasteiger charge is 2.41. The molecule has 23 heavy (non-hydrogen) atoms. The SMILES string of the molecule is CCCC1C(c2ccccc2)NC(c2ccccc2)C(C)C1O. The zero-order chi connectivity index (χ0) is 16.2. The van der Waals surface area contributed by atoms with Gasteiger partial charge in [0.2, 0.25) is 0 Å². The summed E-state index contributed by atoms with van der Waals surface area (Å²) < 4.78 is 0. The number of hydrogen-bond acceptors (Lipinski definition) is 2. The molecular weight excluding hydrogens is 282 g/mol. The first-order valence-electron chi connectivity index (χ1n) is 8.76. The van der Waals surface area contributed by atoms with Gasteiger partial charge in [0.1, 0.15) is 0 Å². The van der Waals surface area contributed by atoms with Gasteiger partial charge in [-0.25, -0.2) is 0 Å². The molecule has 3 rings (SSSR count). The summed E-state index contributed by atoms with van der Waals surface area (Å²) in [6, 6.07) is 21.5. The second-order valence-electron chi connectivity index (χ2n) is 6.75. The molecular formula is C21H27NO.